The lowest BCUT2D eigenvalue weighted by Gasteiger charge is -2.09. The van der Waals surface area contributed by atoms with Gasteiger partial charge in [0.2, 0.25) is 0 Å². The molecule has 1 aromatic heterocycles. The summed E-state index contributed by atoms with van der Waals surface area (Å²) < 4.78 is 5.61. The van der Waals surface area contributed by atoms with E-state index in [1.165, 1.54) is 25.4 Å². The van der Waals surface area contributed by atoms with Crippen LogP contribution in [0.1, 0.15) is 10.5 Å². The Morgan fingerprint density at radius 1 is 1.23 bits per heavy atom. The van der Waals surface area contributed by atoms with Crippen molar-refractivity contribution in [1.29, 1.82) is 0 Å². The number of aromatic nitrogens is 1. The zero-order valence-corrected chi connectivity index (χ0v) is 12.3. The van der Waals surface area contributed by atoms with E-state index in [1.807, 2.05) is 0 Å². The molecule has 0 radical (unpaired) electrons. The van der Waals surface area contributed by atoms with Crippen LogP contribution in [-0.4, -0.2) is 24.0 Å². The first-order chi connectivity index (χ1) is 10.5. The van der Waals surface area contributed by atoms with Crippen LogP contribution in [-0.2, 0) is 0 Å². The molecule has 114 valence electrons. The third kappa shape index (κ3) is 3.86. The van der Waals surface area contributed by atoms with Crippen molar-refractivity contribution in [2.24, 2.45) is 5.73 Å². The number of pyridine rings is 1. The van der Waals surface area contributed by atoms with Gasteiger partial charge in [0.15, 0.2) is 0 Å². The fraction of sp³-hybridized carbons (Fsp3) is 0.0714. The lowest BCUT2D eigenvalue weighted by Crippen LogP contribution is -2.19. The van der Waals surface area contributed by atoms with E-state index in [0.29, 0.717) is 17.2 Å². The molecule has 0 aliphatic carbocycles. The van der Waals surface area contributed by atoms with Crippen molar-refractivity contribution in [3.8, 4) is 11.5 Å². The Hall–Kier alpha value is -2.80. The fourth-order valence-electron chi connectivity index (χ4n) is 1.66. The zero-order valence-electron chi connectivity index (χ0n) is 11.6. The van der Waals surface area contributed by atoms with Crippen LogP contribution in [0.25, 0.3) is 0 Å². The van der Waals surface area contributed by atoms with Gasteiger partial charge >= 0.3 is 6.03 Å². The summed E-state index contributed by atoms with van der Waals surface area (Å²) in [5.41, 5.74) is 5.64. The fourth-order valence-corrected chi connectivity index (χ4v) is 1.87. The second-order valence-corrected chi connectivity index (χ2v) is 4.60. The van der Waals surface area contributed by atoms with E-state index in [2.05, 4.69) is 15.6 Å². The second kappa shape index (κ2) is 6.77. The van der Waals surface area contributed by atoms with E-state index in [0.717, 1.165) is 0 Å². The van der Waals surface area contributed by atoms with E-state index < -0.39 is 6.03 Å². The quantitative estimate of drug-likeness (QED) is 0.804. The zero-order chi connectivity index (χ0) is 16.1. The summed E-state index contributed by atoms with van der Waals surface area (Å²) in [6.07, 6.45) is 1.46. The Morgan fingerprint density at radius 2 is 1.95 bits per heavy atom. The number of primary amides is 1. The van der Waals surface area contributed by atoms with Gasteiger partial charge in [0, 0.05) is 25.4 Å². The van der Waals surface area contributed by atoms with Crippen molar-refractivity contribution in [1.82, 2.24) is 10.3 Å². The van der Waals surface area contributed by atoms with Crippen LogP contribution in [0.4, 0.5) is 10.5 Å². The molecule has 0 bridgehead atoms. The third-order valence-electron chi connectivity index (χ3n) is 2.63. The van der Waals surface area contributed by atoms with Crippen molar-refractivity contribution in [2.75, 3.05) is 12.4 Å². The number of ether oxygens (including phenoxy) is 1. The minimum Gasteiger partial charge on any atom is -0.457 e. The highest BCUT2D eigenvalue weighted by Crippen LogP contribution is 2.29. The van der Waals surface area contributed by atoms with Crippen LogP contribution < -0.4 is 21.1 Å². The first-order valence-electron chi connectivity index (χ1n) is 6.21. The Labute approximate surface area is 131 Å². The Balaban J connectivity index is 2.19. The molecule has 0 aliphatic heterocycles. The second-order valence-electron chi connectivity index (χ2n) is 4.19. The summed E-state index contributed by atoms with van der Waals surface area (Å²) in [5.74, 6) is 0.554. The van der Waals surface area contributed by atoms with Crippen LogP contribution >= 0.6 is 11.6 Å². The predicted molar refractivity (Wildman–Crippen MR) is 82.4 cm³/mol. The Bertz CT molecular complexity index is 721. The molecule has 8 heteroatoms. The number of carbonyl (C=O) groups is 2. The number of carbonyl (C=O) groups excluding carboxylic acids is 2. The van der Waals surface area contributed by atoms with Crippen LogP contribution in [0.3, 0.4) is 0 Å². The average Bonchev–Trinajstić information content (AvgIpc) is 2.49. The van der Waals surface area contributed by atoms with Crippen molar-refractivity contribution < 1.29 is 14.3 Å². The number of halogens is 1. The molecule has 1 aromatic carbocycles. The lowest BCUT2D eigenvalue weighted by atomic mass is 10.3. The number of nitrogens with one attached hydrogen (secondary N) is 2. The first-order valence-corrected chi connectivity index (χ1v) is 6.59. The highest BCUT2D eigenvalue weighted by Gasteiger charge is 2.08. The number of nitrogens with two attached hydrogens (primary N) is 1. The number of amides is 3. The molecule has 0 saturated carbocycles. The number of benzene rings is 1. The molecular formula is C14H13ClN4O3. The van der Waals surface area contributed by atoms with Crippen molar-refractivity contribution in [3.63, 3.8) is 0 Å². The number of anilines is 1. The minimum atomic E-state index is -0.708. The van der Waals surface area contributed by atoms with Crippen LogP contribution in [0.5, 0.6) is 11.5 Å². The van der Waals surface area contributed by atoms with Crippen LogP contribution in [0, 0.1) is 0 Å². The van der Waals surface area contributed by atoms with Gasteiger partial charge in [-0.15, -0.1) is 0 Å². The lowest BCUT2D eigenvalue weighted by molar-refractivity contribution is 0.0958. The molecule has 2 aromatic rings. The molecule has 0 unspecified atom stereocenters. The smallest absolute Gasteiger partial charge is 0.316 e. The van der Waals surface area contributed by atoms with Gasteiger partial charge in [0.25, 0.3) is 5.91 Å². The maximum absolute atomic E-state index is 11.5. The molecule has 4 N–H and O–H groups in total. The number of hydrogen-bond acceptors (Lipinski definition) is 4. The van der Waals surface area contributed by atoms with Crippen LogP contribution in [0.15, 0.2) is 36.5 Å². The van der Waals surface area contributed by atoms with Gasteiger partial charge in [-0.25, -0.2) is 4.79 Å². The predicted octanol–water partition coefficient (Wildman–Crippen LogP) is 2.38. The van der Waals surface area contributed by atoms with Gasteiger partial charge in [-0.3, -0.25) is 9.78 Å². The summed E-state index contributed by atoms with van der Waals surface area (Å²) in [6, 6.07) is 7.09. The summed E-state index contributed by atoms with van der Waals surface area (Å²) in [6.45, 7) is 0. The number of urea groups is 1. The molecule has 0 atom stereocenters. The summed E-state index contributed by atoms with van der Waals surface area (Å²) in [4.78, 5) is 26.3. The SMILES string of the molecule is CNC(=O)c1cc(Oc2ccc(NC(N)=O)c(Cl)c2)ccn1. The third-order valence-corrected chi connectivity index (χ3v) is 2.94. The molecule has 0 saturated heterocycles. The normalized spacial score (nSPS) is 9.91. The number of rotatable bonds is 4. The van der Waals surface area contributed by atoms with E-state index in [-0.39, 0.29) is 16.6 Å². The van der Waals surface area contributed by atoms with E-state index in [4.69, 9.17) is 22.1 Å². The van der Waals surface area contributed by atoms with Gasteiger partial charge in [-0.2, -0.15) is 0 Å². The van der Waals surface area contributed by atoms with E-state index in [1.54, 1.807) is 18.2 Å². The standard InChI is InChI=1S/C14H13ClN4O3/c1-17-13(20)12-7-9(4-5-18-12)22-8-2-3-11(10(15)6-8)19-14(16)21/h2-7H,1H3,(H,17,20)(H3,16,19,21). The highest BCUT2D eigenvalue weighted by molar-refractivity contribution is 6.33. The maximum atomic E-state index is 11.5. The molecule has 0 spiro atoms. The number of hydrogen-bond donors (Lipinski definition) is 3. The molecule has 0 fully saturated rings. The van der Waals surface area contributed by atoms with Crippen molar-refractivity contribution in [3.05, 3.63) is 47.2 Å². The molecule has 7 nitrogen and oxygen atoms in total. The van der Waals surface area contributed by atoms with Gasteiger partial charge < -0.3 is 21.1 Å². The van der Waals surface area contributed by atoms with E-state index in [9.17, 15) is 9.59 Å². The van der Waals surface area contributed by atoms with Gasteiger partial charge in [0.05, 0.1) is 10.7 Å². The Morgan fingerprint density at radius 3 is 2.59 bits per heavy atom. The largest absolute Gasteiger partial charge is 0.457 e. The summed E-state index contributed by atoms with van der Waals surface area (Å²) >= 11 is 6.02. The molecule has 22 heavy (non-hydrogen) atoms. The van der Waals surface area contributed by atoms with Gasteiger partial charge in [0.1, 0.15) is 17.2 Å². The monoisotopic (exact) mass is 320 g/mol. The van der Waals surface area contributed by atoms with E-state index >= 15 is 0 Å². The maximum Gasteiger partial charge on any atom is 0.316 e. The summed E-state index contributed by atoms with van der Waals surface area (Å²) in [5, 5.41) is 5.14. The number of nitrogens with zero attached hydrogens (tertiary/aromatic N) is 1. The topological polar surface area (TPSA) is 106 Å². The van der Waals surface area contributed by atoms with Crippen molar-refractivity contribution >= 4 is 29.2 Å². The van der Waals surface area contributed by atoms with Gasteiger partial charge in [-0.1, -0.05) is 11.6 Å². The van der Waals surface area contributed by atoms with Crippen molar-refractivity contribution in [2.45, 2.75) is 0 Å². The molecule has 1 heterocycles. The van der Waals surface area contributed by atoms with Crippen LogP contribution in [0.2, 0.25) is 5.02 Å². The highest BCUT2D eigenvalue weighted by atomic mass is 35.5. The summed E-state index contributed by atoms with van der Waals surface area (Å²) in [7, 11) is 1.52. The molecular weight excluding hydrogens is 308 g/mol. The molecule has 0 aliphatic rings. The average molecular weight is 321 g/mol. The molecule has 3 amide bonds. The van der Waals surface area contributed by atoms with Gasteiger partial charge in [-0.05, 0) is 18.2 Å². The first kappa shape index (κ1) is 15.6. The Kier molecular flexibility index (Phi) is 4.80. The minimum absolute atomic E-state index is 0.234. The molecule has 2 rings (SSSR count).